The van der Waals surface area contributed by atoms with Gasteiger partial charge in [-0.3, -0.25) is 18.9 Å². The van der Waals surface area contributed by atoms with Crippen molar-refractivity contribution in [3.05, 3.63) is 0 Å². The molecule has 3 atom stereocenters. The van der Waals surface area contributed by atoms with E-state index in [9.17, 15) is 23.8 Å². The van der Waals surface area contributed by atoms with Crippen LogP contribution < -0.4 is 11.1 Å². The van der Waals surface area contributed by atoms with E-state index in [0.717, 1.165) is 0 Å². The smallest absolute Gasteiger partial charge is 0.320 e. The van der Waals surface area contributed by atoms with E-state index in [2.05, 4.69) is 5.32 Å². The molecule has 0 aliphatic rings. The summed E-state index contributed by atoms with van der Waals surface area (Å²) >= 11 is 0. The quantitative estimate of drug-likeness (QED) is 0.333. The molecule has 6 N–H and O–H groups in total. The number of carbonyl (C=O) groups excluding carboxylic acids is 1. The number of aliphatic carboxylic acids is 2. The lowest BCUT2D eigenvalue weighted by Gasteiger charge is -2.18. The van der Waals surface area contributed by atoms with E-state index in [4.69, 9.17) is 15.9 Å². The number of carbonyl (C=O) groups is 3. The SMILES string of the molecule is C[C@H](CP(=O)(O)CCC(=O)O)NC(=O)CC[C@H](N)C(=O)O. The monoisotopic (exact) mass is 324 g/mol. The molecule has 1 unspecified atom stereocenters. The number of hydrogen-bond acceptors (Lipinski definition) is 5. The Morgan fingerprint density at radius 3 is 2.29 bits per heavy atom. The first-order chi connectivity index (χ1) is 9.53. The second-order valence-corrected chi connectivity index (χ2v) is 7.35. The van der Waals surface area contributed by atoms with Crippen LogP contribution in [-0.4, -0.2) is 57.4 Å². The highest BCUT2D eigenvalue weighted by Crippen LogP contribution is 2.41. The van der Waals surface area contributed by atoms with Crippen molar-refractivity contribution in [3.8, 4) is 0 Å². The van der Waals surface area contributed by atoms with Gasteiger partial charge in [-0.25, -0.2) is 0 Å². The Bertz CT molecular complexity index is 440. The van der Waals surface area contributed by atoms with Crippen LogP contribution in [0.25, 0.3) is 0 Å². The molecular formula is C11H21N2O7P. The predicted molar refractivity (Wildman–Crippen MR) is 74.3 cm³/mol. The zero-order valence-electron chi connectivity index (χ0n) is 11.7. The molecule has 0 heterocycles. The van der Waals surface area contributed by atoms with Gasteiger partial charge in [0, 0.05) is 24.8 Å². The molecule has 0 fully saturated rings. The van der Waals surface area contributed by atoms with E-state index in [1.807, 2.05) is 0 Å². The Balaban J connectivity index is 4.15. The molecule has 10 heteroatoms. The van der Waals surface area contributed by atoms with Crippen molar-refractivity contribution < 1.29 is 34.1 Å². The van der Waals surface area contributed by atoms with Gasteiger partial charge in [-0.05, 0) is 13.3 Å². The summed E-state index contributed by atoms with van der Waals surface area (Å²) in [4.78, 5) is 41.9. The third-order valence-electron chi connectivity index (χ3n) is 2.64. The van der Waals surface area contributed by atoms with Crippen LogP contribution in [0.2, 0.25) is 0 Å². The fourth-order valence-electron chi connectivity index (χ4n) is 1.59. The molecule has 0 aromatic carbocycles. The van der Waals surface area contributed by atoms with Gasteiger partial charge in [-0.1, -0.05) is 0 Å². The van der Waals surface area contributed by atoms with E-state index in [1.54, 1.807) is 0 Å². The molecule has 122 valence electrons. The van der Waals surface area contributed by atoms with Gasteiger partial charge in [0.2, 0.25) is 13.3 Å². The van der Waals surface area contributed by atoms with Gasteiger partial charge in [0.25, 0.3) is 0 Å². The van der Waals surface area contributed by atoms with Crippen molar-refractivity contribution in [2.45, 2.75) is 38.3 Å². The molecule has 0 bridgehead atoms. The summed E-state index contributed by atoms with van der Waals surface area (Å²) in [6.07, 6.45) is -1.16. The molecule has 0 saturated heterocycles. The average Bonchev–Trinajstić information content (AvgIpc) is 2.32. The molecule has 21 heavy (non-hydrogen) atoms. The number of nitrogens with one attached hydrogen (secondary N) is 1. The summed E-state index contributed by atoms with van der Waals surface area (Å²) in [7, 11) is -3.63. The highest BCUT2D eigenvalue weighted by Gasteiger charge is 2.24. The first kappa shape index (κ1) is 19.6. The standard InChI is InChI=1S/C11H21N2O7P/c1-7(6-21(19,20)5-4-10(15)16)13-9(14)3-2-8(12)11(17)18/h7-8H,2-6,12H2,1H3,(H,13,14)(H,15,16)(H,17,18)(H,19,20)/t7-,8+/m1/s1. The molecule has 0 rings (SSSR count). The Labute approximate surface area is 122 Å². The number of rotatable bonds is 10. The van der Waals surface area contributed by atoms with Crippen LogP contribution in [0.5, 0.6) is 0 Å². The van der Waals surface area contributed by atoms with Crippen molar-refractivity contribution in [2.24, 2.45) is 5.73 Å². The summed E-state index contributed by atoms with van der Waals surface area (Å²) in [6, 6.07) is -1.76. The predicted octanol–water partition coefficient (Wildman–Crippen LogP) is -0.572. The van der Waals surface area contributed by atoms with Gasteiger partial charge >= 0.3 is 11.9 Å². The number of carboxylic acids is 2. The van der Waals surface area contributed by atoms with Gasteiger partial charge in [-0.15, -0.1) is 0 Å². The lowest BCUT2D eigenvalue weighted by atomic mass is 10.1. The van der Waals surface area contributed by atoms with Crippen LogP contribution >= 0.6 is 7.37 Å². The van der Waals surface area contributed by atoms with Gasteiger partial charge < -0.3 is 26.2 Å². The van der Waals surface area contributed by atoms with E-state index in [-0.39, 0.29) is 25.2 Å². The Morgan fingerprint density at radius 2 is 1.81 bits per heavy atom. The largest absolute Gasteiger partial charge is 0.481 e. The van der Waals surface area contributed by atoms with Gasteiger partial charge in [0.1, 0.15) is 6.04 Å². The van der Waals surface area contributed by atoms with Crippen LogP contribution in [0.1, 0.15) is 26.2 Å². The molecular weight excluding hydrogens is 303 g/mol. The normalized spacial score (nSPS) is 16.5. The second-order valence-electron chi connectivity index (χ2n) is 4.85. The molecule has 0 aromatic rings. The van der Waals surface area contributed by atoms with Crippen molar-refractivity contribution in [2.75, 3.05) is 12.3 Å². The van der Waals surface area contributed by atoms with Crippen LogP contribution in [0, 0.1) is 0 Å². The highest BCUT2D eigenvalue weighted by molar-refractivity contribution is 7.58. The third-order valence-corrected chi connectivity index (χ3v) is 4.68. The maximum Gasteiger partial charge on any atom is 0.320 e. The summed E-state index contributed by atoms with van der Waals surface area (Å²) < 4.78 is 11.7. The number of nitrogens with two attached hydrogens (primary N) is 1. The molecule has 0 spiro atoms. The van der Waals surface area contributed by atoms with Crippen LogP contribution in [-0.2, 0) is 18.9 Å². The van der Waals surface area contributed by atoms with Crippen molar-refractivity contribution in [1.29, 1.82) is 0 Å². The van der Waals surface area contributed by atoms with Crippen LogP contribution in [0.4, 0.5) is 0 Å². The zero-order chi connectivity index (χ0) is 16.6. The first-order valence-electron chi connectivity index (χ1n) is 6.34. The van der Waals surface area contributed by atoms with Gasteiger partial charge in [0.15, 0.2) is 0 Å². The number of hydrogen-bond donors (Lipinski definition) is 5. The molecule has 0 radical (unpaired) electrons. The van der Waals surface area contributed by atoms with Crippen molar-refractivity contribution in [1.82, 2.24) is 5.32 Å². The highest BCUT2D eigenvalue weighted by atomic mass is 31.2. The molecule has 0 aromatic heterocycles. The second kappa shape index (κ2) is 8.76. The lowest BCUT2D eigenvalue weighted by molar-refractivity contribution is -0.139. The summed E-state index contributed by atoms with van der Waals surface area (Å²) in [5.74, 6) is -2.84. The minimum Gasteiger partial charge on any atom is -0.481 e. The Morgan fingerprint density at radius 1 is 1.24 bits per heavy atom. The molecule has 0 aliphatic carbocycles. The maximum atomic E-state index is 11.7. The van der Waals surface area contributed by atoms with E-state index in [1.165, 1.54) is 6.92 Å². The topological polar surface area (TPSA) is 167 Å². The molecule has 0 aliphatic heterocycles. The Kier molecular flexibility index (Phi) is 8.16. The maximum absolute atomic E-state index is 11.7. The van der Waals surface area contributed by atoms with Gasteiger partial charge in [-0.2, -0.15) is 0 Å². The number of amides is 1. The molecule has 9 nitrogen and oxygen atoms in total. The van der Waals surface area contributed by atoms with Crippen LogP contribution in [0.15, 0.2) is 0 Å². The fourth-order valence-corrected chi connectivity index (χ4v) is 3.26. The van der Waals surface area contributed by atoms with Crippen LogP contribution in [0.3, 0.4) is 0 Å². The van der Waals surface area contributed by atoms with Crippen molar-refractivity contribution in [3.63, 3.8) is 0 Å². The minimum absolute atomic E-state index is 0.0380. The minimum atomic E-state index is -3.63. The fraction of sp³-hybridized carbons (Fsp3) is 0.727. The number of carboxylic acid groups (broad SMARTS) is 2. The Hall–Kier alpha value is -1.44. The van der Waals surface area contributed by atoms with E-state index >= 15 is 0 Å². The lowest BCUT2D eigenvalue weighted by Crippen LogP contribution is -2.37. The first-order valence-corrected chi connectivity index (χ1v) is 8.37. The van der Waals surface area contributed by atoms with E-state index < -0.39 is 43.7 Å². The van der Waals surface area contributed by atoms with Crippen molar-refractivity contribution >= 4 is 25.2 Å². The third kappa shape index (κ3) is 10.0. The van der Waals surface area contributed by atoms with Gasteiger partial charge in [0.05, 0.1) is 6.42 Å². The molecule has 0 saturated carbocycles. The average molecular weight is 324 g/mol. The summed E-state index contributed by atoms with van der Waals surface area (Å²) in [5, 5.41) is 19.5. The van der Waals surface area contributed by atoms with E-state index in [0.29, 0.717) is 0 Å². The zero-order valence-corrected chi connectivity index (χ0v) is 12.6. The summed E-state index contributed by atoms with van der Waals surface area (Å²) in [6.45, 7) is 1.51. The molecule has 1 amide bonds. The summed E-state index contributed by atoms with van der Waals surface area (Å²) in [5.41, 5.74) is 5.25.